The van der Waals surface area contributed by atoms with Crippen LogP contribution in [0.3, 0.4) is 0 Å². The summed E-state index contributed by atoms with van der Waals surface area (Å²) < 4.78 is 10.5. The zero-order valence-corrected chi connectivity index (χ0v) is 10.4. The van der Waals surface area contributed by atoms with Crippen molar-refractivity contribution in [3.8, 4) is 11.6 Å². The van der Waals surface area contributed by atoms with Crippen LogP contribution in [0.4, 0.5) is 0 Å². The van der Waals surface area contributed by atoms with Crippen molar-refractivity contribution < 1.29 is 8.94 Å². The Bertz CT molecular complexity index is 488. The van der Waals surface area contributed by atoms with Crippen molar-refractivity contribution >= 4 is 0 Å². The molecule has 2 aromatic rings. The molecule has 1 fully saturated rings. The normalized spacial score (nSPS) is 16.9. The van der Waals surface area contributed by atoms with Gasteiger partial charge in [-0.15, -0.1) is 0 Å². The maximum atomic E-state index is 5.28. The van der Waals surface area contributed by atoms with E-state index in [4.69, 9.17) is 8.94 Å². The minimum atomic E-state index is 0.458. The predicted octanol–water partition coefficient (Wildman–Crippen LogP) is 2.26. The fraction of sp³-hybridized carbons (Fsp3) is 0.538. The van der Waals surface area contributed by atoms with Gasteiger partial charge in [-0.25, -0.2) is 0 Å². The van der Waals surface area contributed by atoms with Crippen LogP contribution in [0.1, 0.15) is 25.7 Å². The molecule has 0 spiro atoms. The SMILES string of the molecule is CCNC(Cc1nc(-c2ccco2)no1)C1CC1. The van der Waals surface area contributed by atoms with Gasteiger partial charge in [0.25, 0.3) is 0 Å². The molecule has 0 aromatic carbocycles. The fourth-order valence-corrected chi connectivity index (χ4v) is 2.20. The van der Waals surface area contributed by atoms with Gasteiger partial charge in [0.1, 0.15) is 0 Å². The maximum absolute atomic E-state index is 5.28. The Kier molecular flexibility index (Phi) is 3.15. The lowest BCUT2D eigenvalue weighted by Gasteiger charge is -2.14. The van der Waals surface area contributed by atoms with Crippen molar-refractivity contribution in [3.05, 3.63) is 24.3 Å². The third kappa shape index (κ3) is 2.46. The molecule has 3 rings (SSSR count). The second-order valence-electron chi connectivity index (χ2n) is 4.69. The molecule has 1 unspecified atom stereocenters. The highest BCUT2D eigenvalue weighted by Crippen LogP contribution is 2.34. The van der Waals surface area contributed by atoms with Crippen LogP contribution >= 0.6 is 0 Å². The van der Waals surface area contributed by atoms with Crippen LogP contribution in [0, 0.1) is 5.92 Å². The Morgan fingerprint density at radius 3 is 3.06 bits per heavy atom. The average molecular weight is 247 g/mol. The second kappa shape index (κ2) is 4.94. The van der Waals surface area contributed by atoms with E-state index < -0.39 is 0 Å². The molecule has 2 heterocycles. The number of rotatable bonds is 6. The van der Waals surface area contributed by atoms with Gasteiger partial charge in [-0.2, -0.15) is 4.98 Å². The molecule has 0 amide bonds. The Balaban J connectivity index is 1.69. The summed E-state index contributed by atoms with van der Waals surface area (Å²) in [4.78, 5) is 4.37. The van der Waals surface area contributed by atoms with Gasteiger partial charge in [0.15, 0.2) is 5.76 Å². The molecule has 2 aromatic heterocycles. The van der Waals surface area contributed by atoms with Gasteiger partial charge in [-0.05, 0) is 37.4 Å². The van der Waals surface area contributed by atoms with E-state index in [1.165, 1.54) is 12.8 Å². The number of nitrogens with zero attached hydrogens (tertiary/aromatic N) is 2. The smallest absolute Gasteiger partial charge is 0.238 e. The van der Waals surface area contributed by atoms with Gasteiger partial charge in [0.05, 0.1) is 6.26 Å². The summed E-state index contributed by atoms with van der Waals surface area (Å²) in [6, 6.07) is 4.11. The van der Waals surface area contributed by atoms with Crippen LogP contribution in [0.5, 0.6) is 0 Å². The molecular formula is C13H17N3O2. The second-order valence-corrected chi connectivity index (χ2v) is 4.69. The number of hydrogen-bond acceptors (Lipinski definition) is 5. The predicted molar refractivity (Wildman–Crippen MR) is 65.9 cm³/mol. The third-order valence-electron chi connectivity index (χ3n) is 3.26. The Hall–Kier alpha value is -1.62. The molecule has 1 N–H and O–H groups in total. The number of nitrogens with one attached hydrogen (secondary N) is 1. The van der Waals surface area contributed by atoms with Crippen LogP contribution in [-0.4, -0.2) is 22.7 Å². The summed E-state index contributed by atoms with van der Waals surface area (Å²) in [6.07, 6.45) is 5.01. The summed E-state index contributed by atoms with van der Waals surface area (Å²) in [5, 5.41) is 7.43. The highest BCUT2D eigenvalue weighted by molar-refractivity contribution is 5.44. The van der Waals surface area contributed by atoms with E-state index in [-0.39, 0.29) is 0 Å². The van der Waals surface area contributed by atoms with E-state index in [2.05, 4.69) is 22.4 Å². The van der Waals surface area contributed by atoms with Crippen LogP contribution in [0.25, 0.3) is 11.6 Å². The highest BCUT2D eigenvalue weighted by Gasteiger charge is 2.32. The largest absolute Gasteiger partial charge is 0.461 e. The van der Waals surface area contributed by atoms with Gasteiger partial charge in [0, 0.05) is 12.5 Å². The Morgan fingerprint density at radius 2 is 2.39 bits per heavy atom. The van der Waals surface area contributed by atoms with Crippen molar-refractivity contribution in [1.29, 1.82) is 0 Å². The number of aromatic nitrogens is 2. The molecule has 96 valence electrons. The highest BCUT2D eigenvalue weighted by atomic mass is 16.5. The first kappa shape index (κ1) is 11.5. The third-order valence-corrected chi connectivity index (χ3v) is 3.26. The quantitative estimate of drug-likeness (QED) is 0.848. The molecule has 1 saturated carbocycles. The lowest BCUT2D eigenvalue weighted by molar-refractivity contribution is 0.347. The first-order valence-corrected chi connectivity index (χ1v) is 6.46. The lowest BCUT2D eigenvalue weighted by atomic mass is 10.1. The molecule has 0 saturated heterocycles. The molecule has 18 heavy (non-hydrogen) atoms. The van der Waals surface area contributed by atoms with Crippen molar-refractivity contribution in [3.63, 3.8) is 0 Å². The number of hydrogen-bond donors (Lipinski definition) is 1. The maximum Gasteiger partial charge on any atom is 0.238 e. The molecular weight excluding hydrogens is 230 g/mol. The van der Waals surface area contributed by atoms with Crippen LogP contribution in [-0.2, 0) is 6.42 Å². The molecule has 0 bridgehead atoms. The average Bonchev–Trinajstić information content (AvgIpc) is 2.90. The minimum Gasteiger partial charge on any atom is -0.461 e. The standard InChI is InChI=1S/C13H17N3O2/c1-2-14-10(9-5-6-9)8-12-15-13(16-18-12)11-4-3-7-17-11/h3-4,7,9-10,14H,2,5-6,8H2,1H3. The molecule has 1 aliphatic carbocycles. The van der Waals surface area contributed by atoms with E-state index in [0.717, 1.165) is 18.9 Å². The molecule has 5 nitrogen and oxygen atoms in total. The van der Waals surface area contributed by atoms with Gasteiger partial charge >= 0.3 is 0 Å². The summed E-state index contributed by atoms with van der Waals surface area (Å²) in [5.74, 6) is 2.63. The van der Waals surface area contributed by atoms with Crippen molar-refractivity contribution in [2.45, 2.75) is 32.2 Å². The van der Waals surface area contributed by atoms with Gasteiger partial charge in [0.2, 0.25) is 11.7 Å². The van der Waals surface area contributed by atoms with Crippen LogP contribution < -0.4 is 5.32 Å². The van der Waals surface area contributed by atoms with Gasteiger partial charge in [-0.3, -0.25) is 0 Å². The Morgan fingerprint density at radius 1 is 1.50 bits per heavy atom. The van der Waals surface area contributed by atoms with E-state index in [0.29, 0.717) is 23.5 Å². The molecule has 5 heteroatoms. The molecule has 1 atom stereocenters. The zero-order chi connectivity index (χ0) is 12.4. The summed E-state index contributed by atoms with van der Waals surface area (Å²) in [6.45, 7) is 3.10. The van der Waals surface area contributed by atoms with E-state index in [1.807, 2.05) is 12.1 Å². The van der Waals surface area contributed by atoms with Crippen molar-refractivity contribution in [2.24, 2.45) is 5.92 Å². The molecule has 0 aliphatic heterocycles. The topological polar surface area (TPSA) is 64.1 Å². The van der Waals surface area contributed by atoms with Crippen LogP contribution in [0.15, 0.2) is 27.3 Å². The molecule has 1 aliphatic rings. The van der Waals surface area contributed by atoms with E-state index in [9.17, 15) is 0 Å². The lowest BCUT2D eigenvalue weighted by Crippen LogP contribution is -2.33. The summed E-state index contributed by atoms with van der Waals surface area (Å²) >= 11 is 0. The van der Waals surface area contributed by atoms with Crippen LogP contribution in [0.2, 0.25) is 0 Å². The molecule has 0 radical (unpaired) electrons. The van der Waals surface area contributed by atoms with Gasteiger partial charge in [-0.1, -0.05) is 12.1 Å². The fourth-order valence-electron chi connectivity index (χ4n) is 2.20. The van der Waals surface area contributed by atoms with Crippen molar-refractivity contribution in [2.75, 3.05) is 6.54 Å². The minimum absolute atomic E-state index is 0.458. The van der Waals surface area contributed by atoms with Crippen molar-refractivity contribution in [1.82, 2.24) is 15.5 Å². The Labute approximate surface area is 106 Å². The summed E-state index contributed by atoms with van der Waals surface area (Å²) in [7, 11) is 0. The zero-order valence-electron chi connectivity index (χ0n) is 10.4. The number of furan rings is 1. The van der Waals surface area contributed by atoms with Gasteiger partial charge < -0.3 is 14.3 Å². The first-order chi connectivity index (χ1) is 8.86. The summed E-state index contributed by atoms with van der Waals surface area (Å²) in [5.41, 5.74) is 0. The van der Waals surface area contributed by atoms with E-state index >= 15 is 0 Å². The monoisotopic (exact) mass is 247 g/mol. The number of likely N-dealkylation sites (N-methyl/N-ethyl adjacent to an activating group) is 1. The first-order valence-electron chi connectivity index (χ1n) is 6.46. The van der Waals surface area contributed by atoms with E-state index in [1.54, 1.807) is 6.26 Å².